The van der Waals surface area contributed by atoms with Gasteiger partial charge >= 0.3 is 0 Å². The Bertz CT molecular complexity index is 814. The van der Waals surface area contributed by atoms with E-state index in [-0.39, 0.29) is 5.91 Å². The minimum atomic E-state index is -0.747. The number of hydrogen-bond donors (Lipinski definition) is 0. The van der Waals surface area contributed by atoms with Crippen LogP contribution >= 0.6 is 0 Å². The smallest absolute Gasteiger partial charge is 0.256 e. The molecule has 0 aliphatic carbocycles. The number of rotatable bonds is 2. The summed E-state index contributed by atoms with van der Waals surface area (Å²) < 4.78 is 6.03. The van der Waals surface area contributed by atoms with E-state index in [0.717, 1.165) is 18.6 Å². The van der Waals surface area contributed by atoms with E-state index < -0.39 is 5.60 Å². The maximum atomic E-state index is 12.9. The molecule has 0 saturated carbocycles. The molecular formula is C20H23N3O2. The van der Waals surface area contributed by atoms with Gasteiger partial charge in [0.25, 0.3) is 5.91 Å². The fourth-order valence-corrected chi connectivity index (χ4v) is 3.80. The van der Waals surface area contributed by atoms with Gasteiger partial charge in [-0.15, -0.1) is 0 Å². The number of morpholine rings is 1. The number of pyridine rings is 1. The summed E-state index contributed by atoms with van der Waals surface area (Å²) in [6, 6.07) is 10.3. The van der Waals surface area contributed by atoms with Gasteiger partial charge in [0.15, 0.2) is 5.60 Å². The Labute approximate surface area is 147 Å². The summed E-state index contributed by atoms with van der Waals surface area (Å²) in [4.78, 5) is 21.4. The van der Waals surface area contributed by atoms with E-state index >= 15 is 0 Å². The Morgan fingerprint density at radius 1 is 1.24 bits per heavy atom. The molecule has 2 aromatic rings. The summed E-state index contributed by atoms with van der Waals surface area (Å²) in [6.07, 6.45) is 6.63. The Morgan fingerprint density at radius 3 is 3.04 bits per heavy atom. The average molecular weight is 337 g/mol. The number of likely N-dealkylation sites (N-methyl/N-ethyl adjacent to an activating group) is 1. The second kappa shape index (κ2) is 6.58. The van der Waals surface area contributed by atoms with Crippen molar-refractivity contribution in [3.8, 4) is 0 Å². The molecule has 25 heavy (non-hydrogen) atoms. The number of carbonyl (C=O) groups excluding carboxylic acids is 1. The molecular weight excluding hydrogens is 314 g/mol. The number of aromatic nitrogens is 1. The first-order valence-electron chi connectivity index (χ1n) is 8.77. The summed E-state index contributed by atoms with van der Waals surface area (Å²) in [6.45, 7) is 3.49. The van der Waals surface area contributed by atoms with Crippen LogP contribution in [0.25, 0.3) is 10.9 Å². The van der Waals surface area contributed by atoms with Crippen LogP contribution in [0.5, 0.6) is 0 Å². The van der Waals surface area contributed by atoms with Gasteiger partial charge in [0, 0.05) is 51.2 Å². The van der Waals surface area contributed by atoms with Crippen molar-refractivity contribution in [1.29, 1.82) is 0 Å². The summed E-state index contributed by atoms with van der Waals surface area (Å²) in [7, 11) is 1.85. The fourth-order valence-electron chi connectivity index (χ4n) is 3.80. The third-order valence-corrected chi connectivity index (χ3v) is 5.13. The van der Waals surface area contributed by atoms with Crippen LogP contribution in [0.15, 0.2) is 48.7 Å². The Morgan fingerprint density at radius 2 is 2.12 bits per heavy atom. The van der Waals surface area contributed by atoms with E-state index in [9.17, 15) is 4.79 Å². The quantitative estimate of drug-likeness (QED) is 0.789. The molecule has 3 heterocycles. The molecule has 1 aromatic heterocycles. The molecule has 0 bridgehead atoms. The first-order chi connectivity index (χ1) is 12.2. The lowest BCUT2D eigenvalue weighted by Crippen LogP contribution is -2.59. The molecule has 1 aromatic carbocycles. The maximum Gasteiger partial charge on any atom is 0.256 e. The first kappa shape index (κ1) is 16.2. The van der Waals surface area contributed by atoms with Crippen LogP contribution in [0, 0.1) is 0 Å². The van der Waals surface area contributed by atoms with Crippen molar-refractivity contribution in [3.63, 3.8) is 0 Å². The minimum absolute atomic E-state index is 0.0850. The predicted octanol–water partition coefficient (Wildman–Crippen LogP) is 2.22. The third kappa shape index (κ3) is 3.05. The van der Waals surface area contributed by atoms with Crippen molar-refractivity contribution >= 4 is 16.8 Å². The monoisotopic (exact) mass is 337 g/mol. The van der Waals surface area contributed by atoms with Gasteiger partial charge in [-0.1, -0.05) is 30.4 Å². The lowest BCUT2D eigenvalue weighted by atomic mass is 9.95. The van der Waals surface area contributed by atoms with Gasteiger partial charge in [-0.05, 0) is 17.7 Å². The molecule has 1 atom stereocenters. The molecule has 5 heteroatoms. The van der Waals surface area contributed by atoms with Gasteiger partial charge in [-0.3, -0.25) is 14.7 Å². The molecule has 1 saturated heterocycles. The Balaban J connectivity index is 1.59. The van der Waals surface area contributed by atoms with E-state index in [1.807, 2.05) is 37.5 Å². The summed E-state index contributed by atoms with van der Waals surface area (Å²) in [5.74, 6) is 0.0850. The Hall–Kier alpha value is -2.24. The standard InChI is InChI=1S/C20H23N3O2/c1-22-11-5-4-9-20(19(22)24)15-23(12-13-25-20)14-16-8-10-21-18-7-3-2-6-17(16)18/h2-8,10H,9,11-15H2,1H3/t20-/m0/s1. The van der Waals surface area contributed by atoms with Gasteiger partial charge in [0.1, 0.15) is 0 Å². The SMILES string of the molecule is CN1CC=CC[C@]2(CN(Cc3ccnc4ccccc34)CCO2)C1=O. The van der Waals surface area contributed by atoms with Crippen molar-refractivity contribution in [2.24, 2.45) is 0 Å². The van der Waals surface area contributed by atoms with E-state index in [4.69, 9.17) is 4.74 Å². The lowest BCUT2D eigenvalue weighted by molar-refractivity contribution is -0.168. The molecule has 0 unspecified atom stereocenters. The number of para-hydroxylation sites is 1. The van der Waals surface area contributed by atoms with Gasteiger partial charge in [-0.25, -0.2) is 0 Å². The molecule has 5 nitrogen and oxygen atoms in total. The molecule has 2 aliphatic rings. The number of benzene rings is 1. The van der Waals surface area contributed by atoms with Gasteiger partial charge in [-0.2, -0.15) is 0 Å². The van der Waals surface area contributed by atoms with Crippen LogP contribution in [0.1, 0.15) is 12.0 Å². The highest BCUT2D eigenvalue weighted by Crippen LogP contribution is 2.28. The van der Waals surface area contributed by atoms with Crippen molar-refractivity contribution in [2.45, 2.75) is 18.6 Å². The molecule has 2 aliphatic heterocycles. The highest BCUT2D eigenvalue weighted by molar-refractivity contribution is 5.86. The summed E-state index contributed by atoms with van der Waals surface area (Å²) >= 11 is 0. The number of fused-ring (bicyclic) bond motifs is 1. The predicted molar refractivity (Wildman–Crippen MR) is 97.1 cm³/mol. The lowest BCUT2D eigenvalue weighted by Gasteiger charge is -2.42. The molecule has 4 rings (SSSR count). The van der Waals surface area contributed by atoms with Crippen LogP contribution in [0.2, 0.25) is 0 Å². The third-order valence-electron chi connectivity index (χ3n) is 5.13. The number of carbonyl (C=O) groups is 1. The highest BCUT2D eigenvalue weighted by Gasteiger charge is 2.45. The van der Waals surface area contributed by atoms with E-state index in [1.54, 1.807) is 4.90 Å². The summed E-state index contributed by atoms with van der Waals surface area (Å²) in [5.41, 5.74) is 1.51. The highest BCUT2D eigenvalue weighted by atomic mass is 16.5. The van der Waals surface area contributed by atoms with Crippen LogP contribution in [0.4, 0.5) is 0 Å². The fraction of sp³-hybridized carbons (Fsp3) is 0.400. The van der Waals surface area contributed by atoms with E-state index in [2.05, 4.69) is 28.1 Å². The van der Waals surface area contributed by atoms with Gasteiger partial charge in [0.2, 0.25) is 0 Å². The molecule has 0 N–H and O–H groups in total. The second-order valence-corrected chi connectivity index (χ2v) is 6.90. The number of ether oxygens (including phenoxy) is 1. The van der Waals surface area contributed by atoms with Crippen molar-refractivity contribution in [1.82, 2.24) is 14.8 Å². The second-order valence-electron chi connectivity index (χ2n) is 6.90. The zero-order valence-corrected chi connectivity index (χ0v) is 14.5. The van der Waals surface area contributed by atoms with Crippen molar-refractivity contribution < 1.29 is 9.53 Å². The van der Waals surface area contributed by atoms with Crippen molar-refractivity contribution in [2.75, 3.05) is 33.3 Å². The van der Waals surface area contributed by atoms with Gasteiger partial charge < -0.3 is 9.64 Å². The van der Waals surface area contributed by atoms with Crippen molar-refractivity contribution in [3.05, 3.63) is 54.2 Å². The largest absolute Gasteiger partial charge is 0.362 e. The van der Waals surface area contributed by atoms with E-state index in [0.29, 0.717) is 26.1 Å². The van der Waals surface area contributed by atoms with Gasteiger partial charge in [0.05, 0.1) is 12.1 Å². The number of amides is 1. The summed E-state index contributed by atoms with van der Waals surface area (Å²) in [5, 5.41) is 1.18. The van der Waals surface area contributed by atoms with Crippen LogP contribution in [0.3, 0.4) is 0 Å². The van der Waals surface area contributed by atoms with E-state index in [1.165, 1.54) is 10.9 Å². The first-order valence-corrected chi connectivity index (χ1v) is 8.77. The number of nitrogens with zero attached hydrogens (tertiary/aromatic N) is 3. The zero-order valence-electron chi connectivity index (χ0n) is 14.5. The zero-order chi connectivity index (χ0) is 17.3. The average Bonchev–Trinajstić information content (AvgIpc) is 2.77. The molecule has 0 radical (unpaired) electrons. The normalized spacial score (nSPS) is 24.8. The topological polar surface area (TPSA) is 45.7 Å². The molecule has 1 spiro atoms. The molecule has 130 valence electrons. The van der Waals surface area contributed by atoms with Crippen LogP contribution in [-0.2, 0) is 16.1 Å². The molecule has 1 fully saturated rings. The molecule has 1 amide bonds. The van der Waals surface area contributed by atoms with Crippen LogP contribution < -0.4 is 0 Å². The maximum absolute atomic E-state index is 12.9. The van der Waals surface area contributed by atoms with Crippen LogP contribution in [-0.4, -0.2) is 59.6 Å². The number of hydrogen-bond acceptors (Lipinski definition) is 4. The minimum Gasteiger partial charge on any atom is -0.362 e. The Kier molecular flexibility index (Phi) is 4.27.